The van der Waals surface area contributed by atoms with E-state index in [0.29, 0.717) is 22.6 Å². The number of hydrogen-bond donors (Lipinski definition) is 1. The number of carbonyl (C=O) groups excluding carboxylic acids is 1. The van der Waals surface area contributed by atoms with Crippen LogP contribution < -0.4 is 5.73 Å². The van der Waals surface area contributed by atoms with Crippen LogP contribution in [-0.2, 0) is 4.74 Å². The standard InChI is InChI=1S/C14H13N3O2/c1-2-19-14(18)11-6-3-7-12(13(11)16)17-8-4-5-10(17)9-15/h3-8H,2,16H2,1H3. The average Bonchev–Trinajstić information content (AvgIpc) is 2.87. The Morgan fingerprint density at radius 1 is 1.42 bits per heavy atom. The lowest BCUT2D eigenvalue weighted by Gasteiger charge is -2.12. The van der Waals surface area contributed by atoms with Crippen LogP contribution in [0.15, 0.2) is 36.5 Å². The van der Waals surface area contributed by atoms with Gasteiger partial charge in [0.05, 0.1) is 23.5 Å². The van der Waals surface area contributed by atoms with Crippen molar-refractivity contribution in [3.05, 3.63) is 47.8 Å². The van der Waals surface area contributed by atoms with Crippen molar-refractivity contribution in [2.75, 3.05) is 12.3 Å². The van der Waals surface area contributed by atoms with Gasteiger partial charge in [0, 0.05) is 6.20 Å². The summed E-state index contributed by atoms with van der Waals surface area (Å²) in [5, 5.41) is 9.02. The minimum absolute atomic E-state index is 0.287. The maximum atomic E-state index is 11.8. The predicted octanol–water partition coefficient (Wildman–Crippen LogP) is 2.11. The van der Waals surface area contributed by atoms with E-state index in [1.807, 2.05) is 0 Å². The summed E-state index contributed by atoms with van der Waals surface area (Å²) in [5.74, 6) is -0.465. The van der Waals surface area contributed by atoms with Crippen molar-refractivity contribution >= 4 is 11.7 Å². The Hall–Kier alpha value is -2.74. The van der Waals surface area contributed by atoms with Gasteiger partial charge in [-0.05, 0) is 31.2 Å². The van der Waals surface area contributed by atoms with Crippen LogP contribution in [0.25, 0.3) is 5.69 Å². The number of nitrogens with two attached hydrogens (primary N) is 1. The molecular weight excluding hydrogens is 242 g/mol. The summed E-state index contributed by atoms with van der Waals surface area (Å²) in [6, 6.07) is 10.5. The van der Waals surface area contributed by atoms with Crippen LogP contribution in [0, 0.1) is 11.3 Å². The number of rotatable bonds is 3. The van der Waals surface area contributed by atoms with Crippen LogP contribution >= 0.6 is 0 Å². The van der Waals surface area contributed by atoms with Crippen LogP contribution in [-0.4, -0.2) is 17.1 Å². The van der Waals surface area contributed by atoms with E-state index in [1.54, 1.807) is 48.0 Å². The second-order valence-corrected chi connectivity index (χ2v) is 3.83. The zero-order valence-corrected chi connectivity index (χ0v) is 10.5. The molecule has 19 heavy (non-hydrogen) atoms. The van der Waals surface area contributed by atoms with Gasteiger partial charge >= 0.3 is 5.97 Å². The summed E-state index contributed by atoms with van der Waals surface area (Å²) in [4.78, 5) is 11.8. The molecular formula is C14H13N3O2. The van der Waals surface area contributed by atoms with E-state index in [9.17, 15) is 4.79 Å². The molecule has 0 amide bonds. The minimum Gasteiger partial charge on any atom is -0.462 e. The fraction of sp³-hybridized carbons (Fsp3) is 0.143. The molecule has 2 aromatic rings. The number of nitrogen functional groups attached to an aromatic ring is 1. The van der Waals surface area contributed by atoms with Crippen LogP contribution in [0.1, 0.15) is 23.0 Å². The van der Waals surface area contributed by atoms with Crippen LogP contribution in [0.5, 0.6) is 0 Å². The number of nitrogens with zero attached hydrogens (tertiary/aromatic N) is 2. The first-order valence-electron chi connectivity index (χ1n) is 5.82. The largest absolute Gasteiger partial charge is 0.462 e. The molecule has 0 saturated heterocycles. The molecule has 96 valence electrons. The van der Waals surface area contributed by atoms with Crippen molar-refractivity contribution < 1.29 is 9.53 Å². The second-order valence-electron chi connectivity index (χ2n) is 3.83. The fourth-order valence-electron chi connectivity index (χ4n) is 1.83. The highest BCUT2D eigenvalue weighted by atomic mass is 16.5. The highest BCUT2D eigenvalue weighted by Gasteiger charge is 2.15. The molecule has 5 nitrogen and oxygen atoms in total. The maximum absolute atomic E-state index is 11.8. The summed E-state index contributed by atoms with van der Waals surface area (Å²) in [6.07, 6.45) is 1.72. The maximum Gasteiger partial charge on any atom is 0.340 e. The first-order chi connectivity index (χ1) is 9.19. The fourth-order valence-corrected chi connectivity index (χ4v) is 1.83. The van der Waals surface area contributed by atoms with Crippen LogP contribution in [0.2, 0.25) is 0 Å². The Balaban J connectivity index is 2.52. The molecule has 0 spiro atoms. The topological polar surface area (TPSA) is 81.0 Å². The summed E-state index contributed by atoms with van der Waals surface area (Å²) in [5.41, 5.74) is 7.64. The Morgan fingerprint density at radius 3 is 2.89 bits per heavy atom. The van der Waals surface area contributed by atoms with Gasteiger partial charge < -0.3 is 15.0 Å². The number of nitriles is 1. The molecule has 1 aromatic carbocycles. The summed E-state index contributed by atoms with van der Waals surface area (Å²) >= 11 is 0. The molecule has 1 heterocycles. The van der Waals surface area contributed by atoms with Gasteiger partial charge in [-0.3, -0.25) is 0 Å². The van der Waals surface area contributed by atoms with Crippen molar-refractivity contribution in [3.63, 3.8) is 0 Å². The SMILES string of the molecule is CCOC(=O)c1cccc(-n2cccc2C#N)c1N. The van der Waals surface area contributed by atoms with E-state index in [1.165, 1.54) is 0 Å². The van der Waals surface area contributed by atoms with Gasteiger partial charge in [-0.2, -0.15) is 5.26 Å². The van der Waals surface area contributed by atoms with Crippen molar-refractivity contribution in [2.45, 2.75) is 6.92 Å². The first kappa shape index (κ1) is 12.7. The van der Waals surface area contributed by atoms with Gasteiger partial charge in [-0.1, -0.05) is 6.07 Å². The predicted molar refractivity (Wildman–Crippen MR) is 70.9 cm³/mol. The van der Waals surface area contributed by atoms with Crippen molar-refractivity contribution in [1.29, 1.82) is 5.26 Å². The average molecular weight is 255 g/mol. The van der Waals surface area contributed by atoms with Crippen LogP contribution in [0.4, 0.5) is 5.69 Å². The Labute approximate surface area is 110 Å². The lowest BCUT2D eigenvalue weighted by atomic mass is 10.1. The summed E-state index contributed by atoms with van der Waals surface area (Å²) in [7, 11) is 0. The van der Waals surface area contributed by atoms with E-state index in [4.69, 9.17) is 15.7 Å². The molecule has 0 radical (unpaired) electrons. The zero-order chi connectivity index (χ0) is 13.8. The van der Waals surface area contributed by atoms with Gasteiger partial charge in [0.15, 0.2) is 0 Å². The van der Waals surface area contributed by atoms with Crippen molar-refractivity contribution in [1.82, 2.24) is 4.57 Å². The highest BCUT2D eigenvalue weighted by molar-refractivity contribution is 5.97. The number of hydrogen-bond acceptors (Lipinski definition) is 4. The number of anilines is 1. The number of aromatic nitrogens is 1. The Morgan fingerprint density at radius 2 is 2.21 bits per heavy atom. The van der Waals surface area contributed by atoms with E-state index in [0.717, 1.165) is 0 Å². The molecule has 0 saturated carbocycles. The molecule has 2 N–H and O–H groups in total. The van der Waals surface area contributed by atoms with Crippen molar-refractivity contribution in [2.24, 2.45) is 0 Å². The number of ether oxygens (including phenoxy) is 1. The molecule has 0 aliphatic heterocycles. The molecule has 5 heteroatoms. The molecule has 0 aliphatic rings. The van der Waals surface area contributed by atoms with Gasteiger partial charge in [0.25, 0.3) is 0 Å². The molecule has 0 fully saturated rings. The van der Waals surface area contributed by atoms with Gasteiger partial charge in [0.1, 0.15) is 11.8 Å². The summed E-state index contributed by atoms with van der Waals surface area (Å²) in [6.45, 7) is 2.02. The molecule has 1 aromatic heterocycles. The monoisotopic (exact) mass is 255 g/mol. The quantitative estimate of drug-likeness (QED) is 0.672. The van der Waals surface area contributed by atoms with Crippen molar-refractivity contribution in [3.8, 4) is 11.8 Å². The van der Waals surface area contributed by atoms with E-state index < -0.39 is 5.97 Å². The first-order valence-corrected chi connectivity index (χ1v) is 5.82. The zero-order valence-electron chi connectivity index (χ0n) is 10.5. The van der Waals surface area contributed by atoms with E-state index in [-0.39, 0.29) is 6.61 Å². The Bertz CT molecular complexity index is 653. The number of carbonyl (C=O) groups is 1. The molecule has 0 atom stereocenters. The molecule has 0 bridgehead atoms. The second kappa shape index (κ2) is 5.27. The number of esters is 1. The lowest BCUT2D eigenvalue weighted by molar-refractivity contribution is 0.0527. The lowest BCUT2D eigenvalue weighted by Crippen LogP contribution is -2.10. The Kier molecular flexibility index (Phi) is 3.53. The third kappa shape index (κ3) is 2.29. The summed E-state index contributed by atoms with van der Waals surface area (Å²) < 4.78 is 6.58. The molecule has 0 aliphatic carbocycles. The smallest absolute Gasteiger partial charge is 0.340 e. The van der Waals surface area contributed by atoms with Gasteiger partial charge in [-0.25, -0.2) is 4.79 Å². The van der Waals surface area contributed by atoms with Gasteiger partial charge in [0.2, 0.25) is 0 Å². The third-order valence-corrected chi connectivity index (χ3v) is 2.70. The van der Waals surface area contributed by atoms with Crippen LogP contribution in [0.3, 0.4) is 0 Å². The third-order valence-electron chi connectivity index (χ3n) is 2.70. The highest BCUT2D eigenvalue weighted by Crippen LogP contribution is 2.24. The number of para-hydroxylation sites is 1. The van der Waals surface area contributed by atoms with E-state index >= 15 is 0 Å². The van der Waals surface area contributed by atoms with Gasteiger partial charge in [-0.15, -0.1) is 0 Å². The number of benzene rings is 1. The molecule has 2 rings (SSSR count). The van der Waals surface area contributed by atoms with E-state index in [2.05, 4.69) is 6.07 Å². The minimum atomic E-state index is -0.465. The normalized spacial score (nSPS) is 9.89. The molecule has 0 unspecified atom stereocenters.